The zero-order valence-corrected chi connectivity index (χ0v) is 15.6. The third-order valence-corrected chi connectivity index (χ3v) is 5.83. The smallest absolute Gasteiger partial charge is 0.262 e. The van der Waals surface area contributed by atoms with Gasteiger partial charge in [-0.1, -0.05) is 6.07 Å². The molecule has 1 atom stereocenters. The highest BCUT2D eigenvalue weighted by Crippen LogP contribution is 2.29. The maximum Gasteiger partial charge on any atom is 0.262 e. The molecule has 1 aromatic rings. The first-order chi connectivity index (χ1) is 13.4. The molecule has 8 nitrogen and oxygen atoms in total. The number of nitrogens with zero attached hydrogens (tertiary/aromatic N) is 1. The normalized spacial score (nSPS) is 26.9. The molecule has 0 aromatic heterocycles. The van der Waals surface area contributed by atoms with Gasteiger partial charge >= 0.3 is 0 Å². The second-order valence-electron chi connectivity index (χ2n) is 7.89. The van der Waals surface area contributed by atoms with E-state index in [0.717, 1.165) is 36.3 Å². The van der Waals surface area contributed by atoms with Crippen molar-refractivity contribution < 1.29 is 19.2 Å². The molecule has 3 aliphatic rings. The fraction of sp³-hybridized carbons (Fsp3) is 0.500. The monoisotopic (exact) mass is 384 g/mol. The Kier molecular flexibility index (Phi) is 4.99. The average Bonchev–Trinajstić information content (AvgIpc) is 2.88. The maximum absolute atomic E-state index is 12.8. The summed E-state index contributed by atoms with van der Waals surface area (Å²) in [6.45, 7) is 1.48. The van der Waals surface area contributed by atoms with Crippen LogP contribution in [0.25, 0.3) is 0 Å². The predicted molar refractivity (Wildman–Crippen MR) is 100 cm³/mol. The van der Waals surface area contributed by atoms with Crippen LogP contribution >= 0.6 is 0 Å². The molecule has 1 aliphatic carbocycles. The van der Waals surface area contributed by atoms with Crippen molar-refractivity contribution in [3.63, 3.8) is 0 Å². The van der Waals surface area contributed by atoms with Gasteiger partial charge in [-0.3, -0.25) is 29.4 Å². The Morgan fingerprint density at radius 1 is 1.11 bits per heavy atom. The van der Waals surface area contributed by atoms with Gasteiger partial charge in [0.15, 0.2) is 0 Å². The molecule has 0 spiro atoms. The van der Waals surface area contributed by atoms with Crippen LogP contribution in [0, 0.1) is 5.92 Å². The molecule has 2 fully saturated rings. The number of carbonyl (C=O) groups excluding carboxylic acids is 4. The van der Waals surface area contributed by atoms with Crippen molar-refractivity contribution in [2.24, 2.45) is 11.7 Å². The minimum atomic E-state index is -0.930. The van der Waals surface area contributed by atoms with Gasteiger partial charge in [-0.05, 0) is 55.8 Å². The molecule has 1 saturated carbocycles. The Bertz CT molecular complexity index is 847. The van der Waals surface area contributed by atoms with Crippen molar-refractivity contribution in [3.8, 4) is 0 Å². The van der Waals surface area contributed by atoms with Crippen LogP contribution in [-0.4, -0.2) is 47.2 Å². The lowest BCUT2D eigenvalue weighted by atomic mass is 9.79. The molecule has 28 heavy (non-hydrogen) atoms. The van der Waals surface area contributed by atoms with Gasteiger partial charge in [-0.25, -0.2) is 0 Å². The lowest BCUT2D eigenvalue weighted by Crippen LogP contribution is -2.54. The Hall–Kier alpha value is -2.58. The van der Waals surface area contributed by atoms with E-state index in [1.54, 1.807) is 12.1 Å². The molecule has 0 radical (unpaired) electrons. The molecule has 148 valence electrons. The van der Waals surface area contributed by atoms with Gasteiger partial charge in [0.05, 0.1) is 11.1 Å². The summed E-state index contributed by atoms with van der Waals surface area (Å²) < 4.78 is 0. The molecular formula is C20H24N4O4. The first kappa shape index (κ1) is 18.8. The van der Waals surface area contributed by atoms with Crippen molar-refractivity contribution in [2.75, 3.05) is 6.54 Å². The van der Waals surface area contributed by atoms with Crippen LogP contribution in [-0.2, 0) is 16.1 Å². The number of rotatable bonds is 6. The number of carbonyl (C=O) groups is 4. The minimum Gasteiger partial charge on any atom is -0.328 e. The molecule has 1 saturated heterocycles. The summed E-state index contributed by atoms with van der Waals surface area (Å²) in [4.78, 5) is 49.9. The average molecular weight is 384 g/mol. The number of fused-ring (bicyclic) bond motifs is 1. The van der Waals surface area contributed by atoms with Gasteiger partial charge in [0.2, 0.25) is 11.8 Å². The summed E-state index contributed by atoms with van der Waals surface area (Å²) in [5.74, 6) is -1.22. The first-order valence-electron chi connectivity index (χ1n) is 9.75. The number of amides is 4. The molecule has 2 heterocycles. The third kappa shape index (κ3) is 3.45. The topological polar surface area (TPSA) is 122 Å². The molecular weight excluding hydrogens is 360 g/mol. The van der Waals surface area contributed by atoms with Crippen LogP contribution in [0.15, 0.2) is 18.2 Å². The SMILES string of the molecule is NC1CC(CCNCc2ccc3c(c2)C(=O)N(C2CCC(=O)NC2=O)C3=O)C1. The highest BCUT2D eigenvalue weighted by atomic mass is 16.2. The van der Waals surface area contributed by atoms with E-state index in [4.69, 9.17) is 5.73 Å². The number of hydrogen-bond acceptors (Lipinski definition) is 6. The van der Waals surface area contributed by atoms with Gasteiger partial charge < -0.3 is 11.1 Å². The molecule has 4 amide bonds. The zero-order chi connectivity index (χ0) is 19.8. The minimum absolute atomic E-state index is 0.116. The summed E-state index contributed by atoms with van der Waals surface area (Å²) in [5.41, 5.74) is 7.33. The van der Waals surface area contributed by atoms with Gasteiger partial charge in [0, 0.05) is 19.0 Å². The van der Waals surface area contributed by atoms with E-state index in [9.17, 15) is 19.2 Å². The molecule has 4 rings (SSSR count). The quantitative estimate of drug-likeness (QED) is 0.479. The van der Waals surface area contributed by atoms with Gasteiger partial charge in [0.25, 0.3) is 11.8 Å². The Morgan fingerprint density at radius 3 is 2.57 bits per heavy atom. The van der Waals surface area contributed by atoms with Crippen LogP contribution in [0.5, 0.6) is 0 Å². The maximum atomic E-state index is 12.8. The Balaban J connectivity index is 1.39. The molecule has 1 aromatic carbocycles. The fourth-order valence-corrected chi connectivity index (χ4v) is 4.19. The van der Waals surface area contributed by atoms with E-state index in [0.29, 0.717) is 29.6 Å². The highest BCUT2D eigenvalue weighted by Gasteiger charge is 2.44. The number of nitrogens with two attached hydrogens (primary N) is 1. The molecule has 4 N–H and O–H groups in total. The predicted octanol–water partition coefficient (Wildman–Crippen LogP) is 0.305. The van der Waals surface area contributed by atoms with Gasteiger partial charge in [0.1, 0.15) is 6.04 Å². The summed E-state index contributed by atoms with van der Waals surface area (Å²) in [6, 6.07) is 4.61. The largest absolute Gasteiger partial charge is 0.328 e. The van der Waals surface area contributed by atoms with E-state index in [-0.39, 0.29) is 18.7 Å². The van der Waals surface area contributed by atoms with Crippen molar-refractivity contribution in [2.45, 2.75) is 50.7 Å². The van der Waals surface area contributed by atoms with E-state index in [1.165, 1.54) is 0 Å². The number of imide groups is 2. The number of hydrogen-bond donors (Lipinski definition) is 3. The fourth-order valence-electron chi connectivity index (χ4n) is 4.19. The standard InChI is InChI=1S/C20H24N4O4/c21-13-7-11(8-13)5-6-22-10-12-1-2-14-15(9-12)20(28)24(19(14)27)16-3-4-17(25)23-18(16)26/h1-2,9,11,13,16,22H,3-8,10,21H2,(H,23,25,26). The summed E-state index contributed by atoms with van der Waals surface area (Å²) in [7, 11) is 0. The Morgan fingerprint density at radius 2 is 1.86 bits per heavy atom. The highest BCUT2D eigenvalue weighted by molar-refractivity contribution is 6.23. The summed E-state index contributed by atoms with van der Waals surface area (Å²) >= 11 is 0. The van der Waals surface area contributed by atoms with Crippen molar-refractivity contribution >= 4 is 23.6 Å². The number of piperidine rings is 1. The van der Waals surface area contributed by atoms with E-state index < -0.39 is 23.8 Å². The molecule has 8 heteroatoms. The van der Waals surface area contributed by atoms with Crippen LogP contribution in [0.1, 0.15) is 58.4 Å². The van der Waals surface area contributed by atoms with Crippen LogP contribution in [0.2, 0.25) is 0 Å². The summed E-state index contributed by atoms with van der Waals surface area (Å²) in [6.07, 6.45) is 3.54. The van der Waals surface area contributed by atoms with Gasteiger partial charge in [-0.2, -0.15) is 0 Å². The van der Waals surface area contributed by atoms with Crippen LogP contribution in [0.3, 0.4) is 0 Å². The van der Waals surface area contributed by atoms with E-state index in [2.05, 4.69) is 10.6 Å². The van der Waals surface area contributed by atoms with E-state index in [1.807, 2.05) is 6.07 Å². The lowest BCUT2D eigenvalue weighted by molar-refractivity contribution is -0.136. The van der Waals surface area contributed by atoms with Crippen LogP contribution in [0.4, 0.5) is 0 Å². The molecule has 1 unspecified atom stereocenters. The first-order valence-corrected chi connectivity index (χ1v) is 9.75. The van der Waals surface area contributed by atoms with Crippen molar-refractivity contribution in [1.29, 1.82) is 0 Å². The number of nitrogens with one attached hydrogen (secondary N) is 2. The van der Waals surface area contributed by atoms with E-state index >= 15 is 0 Å². The summed E-state index contributed by atoms with van der Waals surface area (Å²) in [5, 5.41) is 5.57. The number of benzene rings is 1. The third-order valence-electron chi connectivity index (χ3n) is 5.83. The van der Waals surface area contributed by atoms with Crippen molar-refractivity contribution in [1.82, 2.24) is 15.5 Å². The second kappa shape index (κ2) is 7.44. The second-order valence-corrected chi connectivity index (χ2v) is 7.89. The molecule has 2 aliphatic heterocycles. The lowest BCUT2D eigenvalue weighted by Gasteiger charge is -2.32. The van der Waals surface area contributed by atoms with Gasteiger partial charge in [-0.15, -0.1) is 0 Å². The molecule has 0 bridgehead atoms. The van der Waals surface area contributed by atoms with Crippen molar-refractivity contribution in [3.05, 3.63) is 34.9 Å². The zero-order valence-electron chi connectivity index (χ0n) is 15.6. The van der Waals surface area contributed by atoms with Crippen LogP contribution < -0.4 is 16.4 Å². The Labute approximate surface area is 162 Å².